The second-order valence-corrected chi connectivity index (χ2v) is 11.2. The number of amides is 2. The highest BCUT2D eigenvalue weighted by Crippen LogP contribution is 2.28. The molecule has 0 aromatic heterocycles. The Balaban J connectivity index is 2.06. The fourth-order valence-corrected chi connectivity index (χ4v) is 5.25. The highest BCUT2D eigenvalue weighted by atomic mass is 35.5. The molecule has 0 aliphatic rings. The first kappa shape index (κ1) is 28.5. The molecule has 0 aliphatic carbocycles. The molecule has 3 aromatic carbocycles. The summed E-state index contributed by atoms with van der Waals surface area (Å²) in [6.07, 6.45) is 1.24. The van der Waals surface area contributed by atoms with E-state index in [1.165, 1.54) is 11.0 Å². The first-order chi connectivity index (χ1) is 17.6. The summed E-state index contributed by atoms with van der Waals surface area (Å²) in [5, 5.41) is 3.42. The number of carbonyl (C=O) groups excluding carboxylic acids is 2. The molecule has 37 heavy (non-hydrogen) atoms. The van der Waals surface area contributed by atoms with Gasteiger partial charge in [0.25, 0.3) is 0 Å². The highest BCUT2D eigenvalue weighted by Gasteiger charge is 2.33. The molecule has 1 N–H and O–H groups in total. The van der Waals surface area contributed by atoms with Crippen LogP contribution in [0.5, 0.6) is 0 Å². The Morgan fingerprint density at radius 2 is 1.49 bits per heavy atom. The summed E-state index contributed by atoms with van der Waals surface area (Å²) < 4.78 is 26.4. The smallest absolute Gasteiger partial charge is 0.244 e. The Morgan fingerprint density at radius 3 is 2.08 bits per heavy atom. The molecule has 10 heteroatoms. The Bertz CT molecular complexity index is 1340. The molecule has 0 unspecified atom stereocenters. The quantitative estimate of drug-likeness (QED) is 0.372. The van der Waals surface area contributed by atoms with E-state index in [2.05, 4.69) is 5.32 Å². The van der Waals surface area contributed by atoms with Crippen LogP contribution in [0.4, 0.5) is 5.69 Å². The largest absolute Gasteiger partial charge is 0.355 e. The van der Waals surface area contributed by atoms with Gasteiger partial charge in [-0.2, -0.15) is 0 Å². The monoisotopic (exact) mass is 561 g/mol. The van der Waals surface area contributed by atoms with Gasteiger partial charge in [-0.25, -0.2) is 8.42 Å². The van der Waals surface area contributed by atoms with E-state index in [0.717, 1.165) is 16.1 Å². The van der Waals surface area contributed by atoms with Crippen molar-refractivity contribution in [2.75, 3.05) is 23.7 Å². The van der Waals surface area contributed by atoms with Crippen molar-refractivity contribution in [2.24, 2.45) is 0 Å². The second kappa shape index (κ2) is 12.9. The lowest BCUT2D eigenvalue weighted by atomic mass is 10.0. The Labute approximate surface area is 228 Å². The van der Waals surface area contributed by atoms with Gasteiger partial charge in [-0.05, 0) is 36.2 Å². The van der Waals surface area contributed by atoms with E-state index in [0.29, 0.717) is 17.1 Å². The van der Waals surface area contributed by atoms with Crippen molar-refractivity contribution in [3.05, 3.63) is 100 Å². The Hall–Kier alpha value is -3.07. The fourth-order valence-electron chi connectivity index (χ4n) is 3.90. The predicted octanol–water partition coefficient (Wildman–Crippen LogP) is 4.54. The summed E-state index contributed by atoms with van der Waals surface area (Å²) in [6, 6.07) is 21.8. The summed E-state index contributed by atoms with van der Waals surface area (Å²) in [7, 11) is -3.89. The lowest BCUT2D eigenvalue weighted by Crippen LogP contribution is -2.53. The number of nitrogens with zero attached hydrogens (tertiary/aromatic N) is 2. The molecule has 3 aromatic rings. The molecule has 196 valence electrons. The topological polar surface area (TPSA) is 86.8 Å². The number of halogens is 2. The third-order valence-corrected chi connectivity index (χ3v) is 7.54. The molecule has 0 aliphatic heterocycles. The van der Waals surface area contributed by atoms with E-state index in [4.69, 9.17) is 23.2 Å². The molecule has 0 heterocycles. The van der Waals surface area contributed by atoms with Gasteiger partial charge in [0, 0.05) is 24.5 Å². The summed E-state index contributed by atoms with van der Waals surface area (Å²) in [6.45, 7) is 1.62. The predicted molar refractivity (Wildman–Crippen MR) is 148 cm³/mol. The lowest BCUT2D eigenvalue weighted by Gasteiger charge is -2.33. The molecule has 0 saturated heterocycles. The average Bonchev–Trinajstić information content (AvgIpc) is 2.86. The van der Waals surface area contributed by atoms with Crippen LogP contribution in [-0.4, -0.2) is 50.5 Å². The van der Waals surface area contributed by atoms with Crippen LogP contribution in [0.25, 0.3) is 0 Å². The standard InChI is InChI=1S/C27H29Cl2N3O4S/c1-3-30-27(34)25(17-20-11-5-4-6-12-20)31(18-21-13-7-8-14-22(21)28)26(33)19-32(37(2,35)36)24-16-10-9-15-23(24)29/h4-16,25H,3,17-19H2,1-2H3,(H,30,34)/t25-/m1/s1. The molecule has 0 saturated carbocycles. The number of rotatable bonds is 11. The SMILES string of the molecule is CCNC(=O)[C@@H](Cc1ccccc1)N(Cc1ccccc1Cl)C(=O)CN(c1ccccc1Cl)S(C)(=O)=O. The molecule has 1 atom stereocenters. The van der Waals surface area contributed by atoms with E-state index in [1.807, 2.05) is 30.3 Å². The van der Waals surface area contributed by atoms with Gasteiger partial charge >= 0.3 is 0 Å². The van der Waals surface area contributed by atoms with E-state index in [9.17, 15) is 18.0 Å². The lowest BCUT2D eigenvalue weighted by molar-refractivity contribution is -0.140. The molecular weight excluding hydrogens is 533 g/mol. The van der Waals surface area contributed by atoms with Crippen LogP contribution in [0, 0.1) is 0 Å². The van der Waals surface area contributed by atoms with Gasteiger partial charge in [0.1, 0.15) is 12.6 Å². The number of nitrogens with one attached hydrogen (secondary N) is 1. The number of carbonyl (C=O) groups is 2. The van der Waals surface area contributed by atoms with E-state index in [-0.39, 0.29) is 29.6 Å². The van der Waals surface area contributed by atoms with Crippen LogP contribution in [0.1, 0.15) is 18.1 Å². The Morgan fingerprint density at radius 1 is 0.892 bits per heavy atom. The fraction of sp³-hybridized carbons (Fsp3) is 0.259. The van der Waals surface area contributed by atoms with E-state index >= 15 is 0 Å². The highest BCUT2D eigenvalue weighted by molar-refractivity contribution is 7.92. The van der Waals surface area contributed by atoms with Crippen LogP contribution in [0.3, 0.4) is 0 Å². The zero-order chi connectivity index (χ0) is 27.0. The molecule has 2 amide bonds. The maximum atomic E-state index is 13.9. The van der Waals surface area contributed by atoms with Gasteiger partial charge < -0.3 is 10.2 Å². The van der Waals surface area contributed by atoms with Gasteiger partial charge in [-0.3, -0.25) is 13.9 Å². The summed E-state index contributed by atoms with van der Waals surface area (Å²) >= 11 is 12.7. The summed E-state index contributed by atoms with van der Waals surface area (Å²) in [5.41, 5.74) is 1.65. The summed E-state index contributed by atoms with van der Waals surface area (Å²) in [4.78, 5) is 28.6. The molecule has 0 radical (unpaired) electrons. The van der Waals surface area contributed by atoms with Crippen molar-refractivity contribution in [2.45, 2.75) is 25.9 Å². The van der Waals surface area contributed by atoms with Crippen molar-refractivity contribution in [3.8, 4) is 0 Å². The van der Waals surface area contributed by atoms with Gasteiger partial charge in [0.2, 0.25) is 21.8 Å². The maximum Gasteiger partial charge on any atom is 0.244 e. The number of likely N-dealkylation sites (N-methyl/N-ethyl adjacent to an activating group) is 1. The van der Waals surface area contributed by atoms with Crippen molar-refractivity contribution < 1.29 is 18.0 Å². The molecule has 3 rings (SSSR count). The number of benzene rings is 3. The van der Waals surface area contributed by atoms with E-state index < -0.39 is 28.5 Å². The third kappa shape index (κ3) is 7.71. The van der Waals surface area contributed by atoms with Gasteiger partial charge in [-0.1, -0.05) is 83.9 Å². The molecular formula is C27H29Cl2N3O4S. The van der Waals surface area contributed by atoms with Gasteiger partial charge in [-0.15, -0.1) is 0 Å². The number of para-hydroxylation sites is 1. The van der Waals surface area contributed by atoms with Gasteiger partial charge in [0.05, 0.1) is 17.0 Å². The summed E-state index contributed by atoms with van der Waals surface area (Å²) in [5.74, 6) is -0.923. The number of hydrogen-bond donors (Lipinski definition) is 1. The third-order valence-electron chi connectivity index (χ3n) is 5.72. The van der Waals surface area contributed by atoms with Crippen LogP contribution in [-0.2, 0) is 32.6 Å². The van der Waals surface area contributed by atoms with Crippen LogP contribution < -0.4 is 9.62 Å². The van der Waals surface area contributed by atoms with Crippen molar-refractivity contribution in [3.63, 3.8) is 0 Å². The minimum Gasteiger partial charge on any atom is -0.355 e. The Kier molecular flexibility index (Phi) is 9.97. The number of anilines is 1. The number of hydrogen-bond acceptors (Lipinski definition) is 4. The van der Waals surface area contributed by atoms with Crippen LogP contribution in [0.15, 0.2) is 78.9 Å². The van der Waals surface area contributed by atoms with E-state index in [1.54, 1.807) is 49.4 Å². The number of sulfonamides is 1. The minimum atomic E-state index is -3.89. The molecule has 0 bridgehead atoms. The first-order valence-corrected chi connectivity index (χ1v) is 14.3. The molecule has 0 spiro atoms. The second-order valence-electron chi connectivity index (χ2n) is 8.43. The van der Waals surface area contributed by atoms with Gasteiger partial charge in [0.15, 0.2) is 0 Å². The average molecular weight is 563 g/mol. The van der Waals surface area contributed by atoms with Crippen molar-refractivity contribution in [1.29, 1.82) is 0 Å². The zero-order valence-corrected chi connectivity index (χ0v) is 22.9. The first-order valence-electron chi connectivity index (χ1n) is 11.7. The zero-order valence-electron chi connectivity index (χ0n) is 20.6. The maximum absolute atomic E-state index is 13.9. The van der Waals surface area contributed by atoms with Crippen LogP contribution >= 0.6 is 23.2 Å². The van der Waals surface area contributed by atoms with Crippen molar-refractivity contribution in [1.82, 2.24) is 10.2 Å². The normalized spacial score (nSPS) is 12.0. The molecule has 0 fully saturated rings. The van der Waals surface area contributed by atoms with Crippen molar-refractivity contribution >= 4 is 50.7 Å². The van der Waals surface area contributed by atoms with Crippen LogP contribution in [0.2, 0.25) is 10.0 Å². The minimum absolute atomic E-state index is 0.00721. The molecule has 7 nitrogen and oxygen atoms in total.